The lowest BCUT2D eigenvalue weighted by atomic mass is 9.97. The van der Waals surface area contributed by atoms with Crippen LogP contribution in [-0.2, 0) is 0 Å². The van der Waals surface area contributed by atoms with Gasteiger partial charge in [0, 0.05) is 22.6 Å². The molecule has 1 saturated heterocycles. The second kappa shape index (κ2) is 7.53. The van der Waals surface area contributed by atoms with E-state index in [0.29, 0.717) is 5.92 Å². The van der Waals surface area contributed by atoms with Crippen molar-refractivity contribution in [1.82, 2.24) is 10.2 Å². The summed E-state index contributed by atoms with van der Waals surface area (Å²) in [6, 6.07) is 5.49. The fraction of sp³-hybridized carbons (Fsp3) is 0.625. The number of nitrogens with zero attached hydrogens (tertiary/aromatic N) is 1. The van der Waals surface area contributed by atoms with E-state index in [1.54, 1.807) is 6.07 Å². The predicted molar refractivity (Wildman–Crippen MR) is 85.4 cm³/mol. The third kappa shape index (κ3) is 4.03. The van der Waals surface area contributed by atoms with Gasteiger partial charge in [0.1, 0.15) is 5.82 Å². The fourth-order valence-corrected chi connectivity index (χ4v) is 3.34. The Balaban J connectivity index is 2.05. The quantitative estimate of drug-likeness (QED) is 0.870. The summed E-state index contributed by atoms with van der Waals surface area (Å²) >= 11 is 3.32. The van der Waals surface area contributed by atoms with E-state index >= 15 is 0 Å². The summed E-state index contributed by atoms with van der Waals surface area (Å²) in [5.74, 6) is 0.566. The Labute approximate surface area is 129 Å². The number of hydrogen-bond donors (Lipinski definition) is 1. The molecule has 1 N–H and O–H groups in total. The summed E-state index contributed by atoms with van der Waals surface area (Å²) in [6.07, 6.45) is 2.53. The van der Waals surface area contributed by atoms with Gasteiger partial charge in [-0.1, -0.05) is 28.9 Å². The molecule has 0 saturated carbocycles. The normalized spacial score (nSPS) is 21.1. The van der Waals surface area contributed by atoms with E-state index in [-0.39, 0.29) is 11.9 Å². The van der Waals surface area contributed by atoms with Crippen molar-refractivity contribution in [2.75, 3.05) is 26.2 Å². The summed E-state index contributed by atoms with van der Waals surface area (Å²) < 4.78 is 14.9. The molecule has 0 aliphatic carbocycles. The number of hydrogen-bond acceptors (Lipinski definition) is 2. The lowest BCUT2D eigenvalue weighted by Crippen LogP contribution is -2.39. The molecule has 1 heterocycles. The zero-order valence-electron chi connectivity index (χ0n) is 12.3. The summed E-state index contributed by atoms with van der Waals surface area (Å²) in [5.41, 5.74) is 0.791. The van der Waals surface area contributed by atoms with Crippen LogP contribution in [0.2, 0.25) is 0 Å². The molecule has 1 aliphatic heterocycles. The van der Waals surface area contributed by atoms with E-state index in [1.807, 2.05) is 12.1 Å². The first-order chi connectivity index (χ1) is 9.61. The minimum atomic E-state index is -0.118. The minimum absolute atomic E-state index is 0.118. The molecule has 0 amide bonds. The van der Waals surface area contributed by atoms with Crippen LogP contribution in [0.5, 0.6) is 0 Å². The molecule has 4 heteroatoms. The fourth-order valence-electron chi connectivity index (χ4n) is 3.01. The number of rotatable bonds is 5. The van der Waals surface area contributed by atoms with Gasteiger partial charge in [-0.15, -0.1) is 0 Å². The molecule has 2 atom stereocenters. The van der Waals surface area contributed by atoms with Crippen molar-refractivity contribution >= 4 is 15.9 Å². The Morgan fingerprint density at radius 2 is 2.30 bits per heavy atom. The Bertz CT molecular complexity index is 432. The van der Waals surface area contributed by atoms with Gasteiger partial charge >= 0.3 is 0 Å². The van der Waals surface area contributed by atoms with E-state index in [2.05, 4.69) is 40.0 Å². The predicted octanol–water partition coefficient (Wildman–Crippen LogP) is 3.97. The van der Waals surface area contributed by atoms with Crippen LogP contribution in [-0.4, -0.2) is 31.1 Å². The van der Waals surface area contributed by atoms with Crippen LogP contribution in [0, 0.1) is 11.7 Å². The molecule has 0 bridgehead atoms. The van der Waals surface area contributed by atoms with Gasteiger partial charge in [0.15, 0.2) is 0 Å². The number of nitrogens with one attached hydrogen (secondary N) is 1. The zero-order chi connectivity index (χ0) is 14.5. The molecule has 1 fully saturated rings. The molecule has 0 spiro atoms. The van der Waals surface area contributed by atoms with Crippen LogP contribution in [0.15, 0.2) is 22.7 Å². The third-order valence-electron chi connectivity index (χ3n) is 4.26. The number of piperidine rings is 1. The monoisotopic (exact) mass is 342 g/mol. The SMILES string of the molecule is CCN(CC1CCCNC1)C(C)c1ccc(Br)cc1F. The molecule has 0 aromatic heterocycles. The molecule has 2 unspecified atom stereocenters. The third-order valence-corrected chi connectivity index (χ3v) is 4.75. The van der Waals surface area contributed by atoms with Gasteiger partial charge in [-0.25, -0.2) is 4.39 Å². The van der Waals surface area contributed by atoms with E-state index in [0.717, 1.165) is 36.2 Å². The van der Waals surface area contributed by atoms with Gasteiger partial charge in [-0.2, -0.15) is 0 Å². The Morgan fingerprint density at radius 1 is 1.50 bits per heavy atom. The van der Waals surface area contributed by atoms with Crippen LogP contribution in [0.1, 0.15) is 38.3 Å². The zero-order valence-corrected chi connectivity index (χ0v) is 13.9. The first-order valence-corrected chi connectivity index (χ1v) is 8.30. The average molecular weight is 343 g/mol. The van der Waals surface area contributed by atoms with E-state index < -0.39 is 0 Å². The maximum absolute atomic E-state index is 14.1. The molecular weight excluding hydrogens is 319 g/mol. The standard InChI is InChI=1S/C16H24BrFN2/c1-3-20(11-13-5-4-8-19-10-13)12(2)15-7-6-14(17)9-16(15)18/h6-7,9,12-13,19H,3-5,8,10-11H2,1-2H3. The lowest BCUT2D eigenvalue weighted by molar-refractivity contribution is 0.168. The van der Waals surface area contributed by atoms with Crippen molar-refractivity contribution in [2.45, 2.75) is 32.7 Å². The highest BCUT2D eigenvalue weighted by atomic mass is 79.9. The maximum Gasteiger partial charge on any atom is 0.129 e. The van der Waals surface area contributed by atoms with Gasteiger partial charge in [-0.05, 0) is 57.5 Å². The minimum Gasteiger partial charge on any atom is -0.316 e. The molecule has 20 heavy (non-hydrogen) atoms. The second-order valence-corrected chi connectivity index (χ2v) is 6.56. The molecule has 2 rings (SSSR count). The molecule has 1 aromatic rings. The molecule has 112 valence electrons. The summed E-state index contributed by atoms with van der Waals surface area (Å²) in [5, 5.41) is 3.45. The van der Waals surface area contributed by atoms with Crippen molar-refractivity contribution in [2.24, 2.45) is 5.92 Å². The van der Waals surface area contributed by atoms with Gasteiger partial charge in [0.2, 0.25) is 0 Å². The van der Waals surface area contributed by atoms with Crippen LogP contribution in [0.3, 0.4) is 0 Å². The van der Waals surface area contributed by atoms with Crippen LogP contribution < -0.4 is 5.32 Å². The largest absolute Gasteiger partial charge is 0.316 e. The first-order valence-electron chi connectivity index (χ1n) is 7.51. The van der Waals surface area contributed by atoms with Crippen LogP contribution in [0.25, 0.3) is 0 Å². The lowest BCUT2D eigenvalue weighted by Gasteiger charge is -2.33. The van der Waals surface area contributed by atoms with Crippen LogP contribution in [0.4, 0.5) is 4.39 Å². The van der Waals surface area contributed by atoms with Gasteiger partial charge < -0.3 is 5.32 Å². The van der Waals surface area contributed by atoms with Crippen molar-refractivity contribution in [3.8, 4) is 0 Å². The average Bonchev–Trinajstić information content (AvgIpc) is 2.45. The topological polar surface area (TPSA) is 15.3 Å². The Kier molecular flexibility index (Phi) is 6.00. The van der Waals surface area contributed by atoms with Crippen molar-refractivity contribution < 1.29 is 4.39 Å². The molecular formula is C16H24BrFN2. The van der Waals surface area contributed by atoms with Gasteiger partial charge in [0.05, 0.1) is 0 Å². The highest BCUT2D eigenvalue weighted by Gasteiger charge is 2.22. The van der Waals surface area contributed by atoms with E-state index in [9.17, 15) is 4.39 Å². The van der Waals surface area contributed by atoms with E-state index in [4.69, 9.17) is 0 Å². The molecule has 1 aromatic carbocycles. The van der Waals surface area contributed by atoms with Crippen molar-refractivity contribution in [1.29, 1.82) is 0 Å². The molecule has 2 nitrogen and oxygen atoms in total. The number of halogens is 2. The molecule has 0 radical (unpaired) electrons. The Morgan fingerprint density at radius 3 is 2.90 bits per heavy atom. The highest BCUT2D eigenvalue weighted by molar-refractivity contribution is 9.10. The second-order valence-electron chi connectivity index (χ2n) is 5.64. The van der Waals surface area contributed by atoms with Gasteiger partial charge in [0.25, 0.3) is 0 Å². The highest BCUT2D eigenvalue weighted by Crippen LogP contribution is 2.26. The summed E-state index contributed by atoms with van der Waals surface area (Å²) in [7, 11) is 0. The smallest absolute Gasteiger partial charge is 0.129 e. The van der Waals surface area contributed by atoms with Crippen molar-refractivity contribution in [3.05, 3.63) is 34.1 Å². The van der Waals surface area contributed by atoms with Crippen LogP contribution >= 0.6 is 15.9 Å². The first kappa shape index (κ1) is 15.9. The summed E-state index contributed by atoms with van der Waals surface area (Å²) in [4.78, 5) is 2.38. The maximum atomic E-state index is 14.1. The van der Waals surface area contributed by atoms with Crippen molar-refractivity contribution in [3.63, 3.8) is 0 Å². The number of benzene rings is 1. The molecule has 1 aliphatic rings. The summed E-state index contributed by atoms with van der Waals surface area (Å²) in [6.45, 7) is 8.48. The van der Waals surface area contributed by atoms with Gasteiger partial charge in [-0.3, -0.25) is 4.90 Å². The Hall–Kier alpha value is -0.450. The van der Waals surface area contributed by atoms with E-state index in [1.165, 1.54) is 12.8 Å².